The number of H-pyrrole nitrogens is 1. The van der Waals surface area contributed by atoms with Crippen LogP contribution < -0.4 is 10.1 Å². The van der Waals surface area contributed by atoms with Crippen LogP contribution in [0.1, 0.15) is 18.0 Å². The van der Waals surface area contributed by atoms with Gasteiger partial charge in [-0.15, -0.1) is 0 Å². The number of hydrogen-bond acceptors (Lipinski definition) is 4. The Balaban J connectivity index is 1.30. The Morgan fingerprint density at radius 2 is 1.97 bits per heavy atom. The number of aromatic amines is 1. The van der Waals surface area contributed by atoms with E-state index in [0.29, 0.717) is 18.8 Å². The number of halogens is 2. The van der Waals surface area contributed by atoms with Crippen molar-refractivity contribution in [3.63, 3.8) is 0 Å². The number of carbonyl (C=O) groups excluding carboxylic acids is 1. The molecule has 2 amide bonds. The van der Waals surface area contributed by atoms with Gasteiger partial charge in [0.1, 0.15) is 29.3 Å². The molecule has 4 rings (SSSR count). The fourth-order valence-corrected chi connectivity index (χ4v) is 3.40. The lowest BCUT2D eigenvalue weighted by Crippen LogP contribution is -2.59. The minimum Gasteiger partial charge on any atom is -0.487 e. The first kappa shape index (κ1) is 20.5. The van der Waals surface area contributed by atoms with Gasteiger partial charge >= 0.3 is 6.03 Å². The van der Waals surface area contributed by atoms with Crippen LogP contribution in [0.25, 0.3) is 11.4 Å². The SMILES string of the molecule is N=CCC(NC(=O)N1CC(Oc2ccc(-c3ncc[nH]3)cc2)C1)c1cc(F)cc(F)c1. The van der Waals surface area contributed by atoms with Gasteiger partial charge in [-0.2, -0.15) is 0 Å². The highest BCUT2D eigenvalue weighted by molar-refractivity contribution is 5.76. The summed E-state index contributed by atoms with van der Waals surface area (Å²) in [5.74, 6) is 0.0115. The van der Waals surface area contributed by atoms with E-state index in [9.17, 15) is 13.6 Å². The van der Waals surface area contributed by atoms with Crippen molar-refractivity contribution in [2.45, 2.75) is 18.6 Å². The summed E-state index contributed by atoms with van der Waals surface area (Å²) in [5, 5.41) is 10.0. The number of rotatable bonds is 7. The second-order valence-electron chi connectivity index (χ2n) is 7.25. The van der Waals surface area contributed by atoms with Crippen LogP contribution in [0.3, 0.4) is 0 Å². The predicted octanol–water partition coefficient (Wildman–Crippen LogP) is 3.91. The molecule has 1 aliphatic rings. The minimum atomic E-state index is -0.727. The summed E-state index contributed by atoms with van der Waals surface area (Å²) >= 11 is 0. The van der Waals surface area contributed by atoms with Crippen molar-refractivity contribution in [2.75, 3.05) is 13.1 Å². The maximum atomic E-state index is 13.5. The molecule has 1 aliphatic heterocycles. The smallest absolute Gasteiger partial charge is 0.318 e. The number of ether oxygens (including phenoxy) is 1. The molecule has 0 saturated carbocycles. The van der Waals surface area contributed by atoms with Crippen molar-refractivity contribution in [3.8, 4) is 17.1 Å². The lowest BCUT2D eigenvalue weighted by atomic mass is 10.0. The number of imidazole rings is 1. The van der Waals surface area contributed by atoms with E-state index in [-0.39, 0.29) is 24.1 Å². The Morgan fingerprint density at radius 3 is 2.58 bits per heavy atom. The number of likely N-dealkylation sites (tertiary alicyclic amines) is 1. The quantitative estimate of drug-likeness (QED) is 0.501. The molecule has 7 nitrogen and oxygen atoms in total. The molecule has 0 radical (unpaired) electrons. The second kappa shape index (κ2) is 8.95. The number of urea groups is 1. The standard InChI is InChI=1S/C22H21F2N5O2/c23-16-9-15(10-17(24)11-16)20(5-6-25)28-22(30)29-12-19(13-29)31-18-3-1-14(2-4-18)21-26-7-8-27-21/h1-4,6-11,19-20,25H,5,12-13H2,(H,26,27)(H,28,30). The summed E-state index contributed by atoms with van der Waals surface area (Å²) in [6.45, 7) is 0.779. The molecule has 160 valence electrons. The fraction of sp³-hybridized carbons (Fsp3) is 0.227. The Hall–Kier alpha value is -3.75. The highest BCUT2D eigenvalue weighted by Gasteiger charge is 2.33. The van der Waals surface area contributed by atoms with E-state index >= 15 is 0 Å². The summed E-state index contributed by atoms with van der Waals surface area (Å²) < 4.78 is 32.9. The van der Waals surface area contributed by atoms with Crippen LogP contribution >= 0.6 is 0 Å². The number of amides is 2. The largest absolute Gasteiger partial charge is 0.487 e. The molecule has 1 atom stereocenters. The minimum absolute atomic E-state index is 0.129. The van der Waals surface area contributed by atoms with Crippen molar-refractivity contribution in [2.24, 2.45) is 0 Å². The Morgan fingerprint density at radius 1 is 1.26 bits per heavy atom. The molecule has 2 heterocycles. The molecule has 3 aromatic rings. The van der Waals surface area contributed by atoms with Gasteiger partial charge in [-0.05, 0) is 48.2 Å². The van der Waals surface area contributed by atoms with Crippen molar-refractivity contribution < 1.29 is 18.3 Å². The maximum Gasteiger partial charge on any atom is 0.318 e. The van der Waals surface area contributed by atoms with E-state index in [4.69, 9.17) is 10.1 Å². The van der Waals surface area contributed by atoms with Crippen LogP contribution in [0.5, 0.6) is 5.75 Å². The molecule has 0 spiro atoms. The normalized spacial score (nSPS) is 14.6. The van der Waals surface area contributed by atoms with Crippen LogP contribution in [0.15, 0.2) is 54.9 Å². The van der Waals surface area contributed by atoms with Gasteiger partial charge in [0, 0.05) is 30.4 Å². The Labute approximate surface area is 177 Å². The number of carbonyl (C=O) groups is 1. The molecule has 2 aromatic carbocycles. The summed E-state index contributed by atoms with van der Waals surface area (Å²) in [6.07, 6.45) is 4.52. The van der Waals surface area contributed by atoms with E-state index in [0.717, 1.165) is 35.8 Å². The number of nitrogens with one attached hydrogen (secondary N) is 3. The molecule has 0 aliphatic carbocycles. The van der Waals surface area contributed by atoms with Gasteiger partial charge in [0.05, 0.1) is 19.1 Å². The van der Waals surface area contributed by atoms with Crippen molar-refractivity contribution >= 4 is 12.2 Å². The zero-order valence-corrected chi connectivity index (χ0v) is 16.5. The zero-order chi connectivity index (χ0) is 21.8. The van der Waals surface area contributed by atoms with Gasteiger partial charge in [0.2, 0.25) is 0 Å². The first-order chi connectivity index (χ1) is 15.0. The van der Waals surface area contributed by atoms with Gasteiger partial charge in [-0.25, -0.2) is 18.6 Å². The van der Waals surface area contributed by atoms with Gasteiger partial charge in [0.15, 0.2) is 0 Å². The Kier molecular flexibility index (Phi) is 5.92. The lowest BCUT2D eigenvalue weighted by Gasteiger charge is -2.39. The van der Waals surface area contributed by atoms with E-state index in [1.165, 1.54) is 0 Å². The molecule has 1 aromatic heterocycles. The topological polar surface area (TPSA) is 94.1 Å². The maximum absolute atomic E-state index is 13.5. The van der Waals surface area contributed by atoms with Gasteiger partial charge in [-0.1, -0.05) is 0 Å². The molecule has 3 N–H and O–H groups in total. The number of benzene rings is 2. The molecular formula is C22H21F2N5O2. The summed E-state index contributed by atoms with van der Waals surface area (Å²) in [7, 11) is 0. The molecule has 1 fully saturated rings. The third-order valence-corrected chi connectivity index (χ3v) is 5.00. The summed E-state index contributed by atoms with van der Waals surface area (Å²) in [6, 6.07) is 9.52. The molecule has 9 heteroatoms. The van der Waals surface area contributed by atoms with Crippen molar-refractivity contribution in [1.82, 2.24) is 20.2 Å². The van der Waals surface area contributed by atoms with Crippen molar-refractivity contribution in [3.05, 3.63) is 72.1 Å². The fourth-order valence-electron chi connectivity index (χ4n) is 3.40. The van der Waals surface area contributed by atoms with Gasteiger partial charge in [-0.3, -0.25) is 0 Å². The first-order valence-electron chi connectivity index (χ1n) is 9.78. The zero-order valence-electron chi connectivity index (χ0n) is 16.5. The average molecular weight is 425 g/mol. The molecule has 0 bridgehead atoms. The van der Waals surface area contributed by atoms with E-state index < -0.39 is 17.7 Å². The first-order valence-corrected chi connectivity index (χ1v) is 9.78. The third kappa shape index (κ3) is 4.88. The van der Waals surface area contributed by atoms with Crippen LogP contribution in [-0.2, 0) is 0 Å². The van der Waals surface area contributed by atoms with E-state index in [2.05, 4.69) is 15.3 Å². The predicted molar refractivity (Wildman–Crippen MR) is 111 cm³/mol. The average Bonchev–Trinajstić information content (AvgIpc) is 3.24. The number of hydrogen-bond donors (Lipinski definition) is 3. The van der Waals surface area contributed by atoms with Crippen LogP contribution in [0, 0.1) is 17.0 Å². The molecule has 31 heavy (non-hydrogen) atoms. The molecule has 1 unspecified atom stereocenters. The Bertz CT molecular complexity index is 1030. The summed E-state index contributed by atoms with van der Waals surface area (Å²) in [4.78, 5) is 21.3. The van der Waals surface area contributed by atoms with Crippen LogP contribution in [-0.4, -0.2) is 46.3 Å². The molecule has 1 saturated heterocycles. The number of nitrogens with zero attached hydrogens (tertiary/aromatic N) is 2. The molecular weight excluding hydrogens is 404 g/mol. The second-order valence-corrected chi connectivity index (χ2v) is 7.25. The van der Waals surface area contributed by atoms with E-state index in [1.54, 1.807) is 17.3 Å². The third-order valence-electron chi connectivity index (χ3n) is 5.00. The monoisotopic (exact) mass is 425 g/mol. The van der Waals surface area contributed by atoms with Crippen LogP contribution in [0.4, 0.5) is 13.6 Å². The number of aromatic nitrogens is 2. The highest BCUT2D eigenvalue weighted by Crippen LogP contribution is 2.24. The highest BCUT2D eigenvalue weighted by atomic mass is 19.1. The lowest BCUT2D eigenvalue weighted by molar-refractivity contribution is 0.0435. The van der Waals surface area contributed by atoms with Crippen molar-refractivity contribution in [1.29, 1.82) is 5.41 Å². The van der Waals surface area contributed by atoms with Gasteiger partial charge in [0.25, 0.3) is 0 Å². The summed E-state index contributed by atoms with van der Waals surface area (Å²) in [5.41, 5.74) is 1.22. The van der Waals surface area contributed by atoms with Gasteiger partial charge < -0.3 is 25.3 Å². The van der Waals surface area contributed by atoms with E-state index in [1.807, 2.05) is 24.3 Å². The van der Waals surface area contributed by atoms with Crippen LogP contribution in [0.2, 0.25) is 0 Å².